The molecule has 0 N–H and O–H groups in total. The van der Waals surface area contributed by atoms with Crippen LogP contribution >= 0.6 is 22.7 Å². The fourth-order valence-corrected chi connectivity index (χ4v) is 13.1. The van der Waals surface area contributed by atoms with Crippen molar-refractivity contribution in [2.75, 3.05) is 9.80 Å². The topological polar surface area (TPSA) is 6.48 Å². The zero-order valence-corrected chi connectivity index (χ0v) is 45.1. The third-order valence-electron chi connectivity index (χ3n) is 13.8. The average molecular weight is 1010 g/mol. The molecule has 0 unspecified atom stereocenters. The van der Waals surface area contributed by atoms with Gasteiger partial charge in [0.15, 0.2) is 0 Å². The third kappa shape index (κ3) is 8.84. The van der Waals surface area contributed by atoms with Crippen LogP contribution in [-0.2, 0) is 0 Å². The Balaban J connectivity index is 0.000000824. The Morgan fingerprint density at radius 3 is 1.01 bits per heavy atom. The summed E-state index contributed by atoms with van der Waals surface area (Å²) in [5, 5.41) is 12.6. The molecule has 0 aliphatic carbocycles. The average Bonchev–Trinajstić information content (AvgIpc) is 4.07. The molecule has 2 aromatic heterocycles. The third-order valence-corrected chi connectivity index (χ3v) is 16.2. The Bertz CT molecular complexity index is 3940. The summed E-state index contributed by atoms with van der Waals surface area (Å²) >= 11 is 3.75. The number of benzene rings is 12. The van der Waals surface area contributed by atoms with Crippen LogP contribution in [0.3, 0.4) is 0 Å². The molecule has 14 aromatic rings. The molecule has 0 aliphatic rings. The van der Waals surface area contributed by atoms with E-state index in [9.17, 15) is 0 Å². The predicted octanol–water partition coefficient (Wildman–Crippen LogP) is 23.1. The van der Waals surface area contributed by atoms with Crippen molar-refractivity contribution in [1.82, 2.24) is 0 Å². The standard InChI is InChI=1S/C64H40N2S2.C3H8.2C2H6/c1-3-13-41(14-4-1)43-25-33-47(34-26-43)65(57-21-11-19-51-49-17-7-9-23-59(49)67-63(51)57)55-39-31-45-30-38-54-56(40-32-46-29-37-53(55)61(45)62(46)54)66(48-35-27-44(28-36-48)42-15-5-2-6-16-42)58-22-12-20-52-50-18-8-10-24-60(50)68-64(52)58;1-3-2;2*1-2/h1-40H;3H2,1-2H3;2*1-2H3. The predicted molar refractivity (Wildman–Crippen MR) is 335 cm³/mol. The van der Waals surface area contributed by atoms with Gasteiger partial charge in [-0.3, -0.25) is 0 Å². The van der Waals surface area contributed by atoms with Gasteiger partial charge in [-0.05, 0) is 104 Å². The zero-order chi connectivity index (χ0) is 51.4. The van der Waals surface area contributed by atoms with Gasteiger partial charge in [0.05, 0.1) is 32.1 Å². The lowest BCUT2D eigenvalue weighted by Gasteiger charge is -2.30. The molecular weight excluding hydrogens is 945 g/mol. The lowest BCUT2D eigenvalue weighted by Crippen LogP contribution is -2.11. The van der Waals surface area contributed by atoms with Crippen LogP contribution in [-0.4, -0.2) is 0 Å². The minimum absolute atomic E-state index is 1.12. The summed E-state index contributed by atoms with van der Waals surface area (Å²) in [5.41, 5.74) is 11.7. The molecule has 12 aromatic carbocycles. The van der Waals surface area contributed by atoms with E-state index in [1.807, 2.05) is 50.4 Å². The van der Waals surface area contributed by atoms with Gasteiger partial charge in [-0.2, -0.15) is 0 Å². The van der Waals surface area contributed by atoms with E-state index >= 15 is 0 Å². The maximum Gasteiger partial charge on any atom is 0.0640 e. The number of thiophene rings is 2. The van der Waals surface area contributed by atoms with Crippen LogP contribution < -0.4 is 9.80 Å². The van der Waals surface area contributed by atoms with Gasteiger partial charge in [-0.1, -0.05) is 230 Å². The number of hydrogen-bond donors (Lipinski definition) is 0. The zero-order valence-electron chi connectivity index (χ0n) is 43.5. The molecule has 0 saturated carbocycles. The molecule has 0 spiro atoms. The lowest BCUT2D eigenvalue weighted by atomic mass is 9.91. The van der Waals surface area contributed by atoms with Gasteiger partial charge in [0, 0.05) is 53.1 Å². The first kappa shape index (κ1) is 49.0. The number of fused-ring (bicyclic) bond motifs is 6. The van der Waals surface area contributed by atoms with E-state index in [2.05, 4.69) is 266 Å². The smallest absolute Gasteiger partial charge is 0.0640 e. The van der Waals surface area contributed by atoms with Crippen LogP contribution in [0.4, 0.5) is 34.1 Å². The van der Waals surface area contributed by atoms with Crippen LogP contribution in [0.25, 0.3) is 94.9 Å². The molecule has 366 valence electrons. The van der Waals surface area contributed by atoms with E-state index in [0.717, 1.165) is 22.7 Å². The van der Waals surface area contributed by atoms with E-state index < -0.39 is 0 Å². The van der Waals surface area contributed by atoms with Gasteiger partial charge in [-0.25, -0.2) is 0 Å². The minimum atomic E-state index is 1.12. The summed E-state index contributed by atoms with van der Waals surface area (Å²) in [6.07, 6.45) is 1.25. The first-order valence-corrected chi connectivity index (χ1v) is 28.2. The van der Waals surface area contributed by atoms with Crippen molar-refractivity contribution in [2.24, 2.45) is 0 Å². The second-order valence-electron chi connectivity index (χ2n) is 18.3. The molecule has 0 saturated heterocycles. The van der Waals surface area contributed by atoms with Crippen molar-refractivity contribution >= 4 is 129 Å². The second kappa shape index (κ2) is 21.7. The minimum Gasteiger partial charge on any atom is -0.308 e. The molecule has 0 bridgehead atoms. The molecule has 0 fully saturated rings. The monoisotopic (exact) mass is 1000 g/mol. The molecule has 4 heteroatoms. The van der Waals surface area contributed by atoms with Crippen molar-refractivity contribution in [3.05, 3.63) is 243 Å². The Kier molecular flexibility index (Phi) is 14.1. The van der Waals surface area contributed by atoms with Gasteiger partial charge in [0.25, 0.3) is 0 Å². The van der Waals surface area contributed by atoms with E-state index in [1.165, 1.54) is 113 Å². The molecule has 75 heavy (non-hydrogen) atoms. The van der Waals surface area contributed by atoms with Crippen molar-refractivity contribution in [1.29, 1.82) is 0 Å². The van der Waals surface area contributed by atoms with Gasteiger partial charge in [0.1, 0.15) is 0 Å². The Hall–Kier alpha value is -8.28. The number of hydrogen-bond acceptors (Lipinski definition) is 4. The van der Waals surface area contributed by atoms with Gasteiger partial charge >= 0.3 is 0 Å². The summed E-state index contributed by atoms with van der Waals surface area (Å²) in [4.78, 5) is 5.00. The summed E-state index contributed by atoms with van der Waals surface area (Å²) in [7, 11) is 0. The van der Waals surface area contributed by atoms with Crippen molar-refractivity contribution < 1.29 is 0 Å². The Morgan fingerprint density at radius 1 is 0.280 bits per heavy atom. The van der Waals surface area contributed by atoms with Crippen LogP contribution in [0, 0.1) is 0 Å². The number of rotatable bonds is 8. The molecule has 0 radical (unpaired) electrons. The molecular formula is C71H60N2S2. The number of nitrogens with zero attached hydrogens (tertiary/aromatic N) is 2. The quantitative estimate of drug-likeness (QED) is 0.140. The number of anilines is 6. The van der Waals surface area contributed by atoms with Crippen molar-refractivity contribution in [3.8, 4) is 22.3 Å². The van der Waals surface area contributed by atoms with E-state index in [4.69, 9.17) is 0 Å². The first-order chi connectivity index (χ1) is 37.1. The van der Waals surface area contributed by atoms with E-state index in [0.29, 0.717) is 0 Å². The molecule has 14 rings (SSSR count). The van der Waals surface area contributed by atoms with E-state index in [-0.39, 0.29) is 0 Å². The summed E-state index contributed by atoms with van der Waals surface area (Å²) in [5.74, 6) is 0. The Morgan fingerprint density at radius 2 is 0.613 bits per heavy atom. The molecule has 2 heterocycles. The van der Waals surface area contributed by atoms with E-state index in [1.54, 1.807) is 0 Å². The highest BCUT2D eigenvalue weighted by Gasteiger charge is 2.25. The second-order valence-corrected chi connectivity index (χ2v) is 20.4. The Labute approximate surface area is 449 Å². The largest absolute Gasteiger partial charge is 0.308 e. The molecule has 0 atom stereocenters. The summed E-state index contributed by atoms with van der Waals surface area (Å²) < 4.78 is 5.14. The van der Waals surface area contributed by atoms with Crippen LogP contribution in [0.1, 0.15) is 48.0 Å². The van der Waals surface area contributed by atoms with Gasteiger partial charge in [-0.15, -0.1) is 22.7 Å². The highest BCUT2D eigenvalue weighted by atomic mass is 32.1. The maximum absolute atomic E-state index is 2.50. The first-order valence-electron chi connectivity index (χ1n) is 26.6. The maximum atomic E-state index is 2.50. The van der Waals surface area contributed by atoms with Gasteiger partial charge < -0.3 is 9.80 Å². The molecule has 0 aliphatic heterocycles. The highest BCUT2D eigenvalue weighted by molar-refractivity contribution is 7.26. The highest BCUT2D eigenvalue weighted by Crippen LogP contribution is 2.51. The van der Waals surface area contributed by atoms with Crippen LogP contribution in [0.15, 0.2) is 243 Å². The normalized spacial score (nSPS) is 11.1. The van der Waals surface area contributed by atoms with Crippen LogP contribution in [0.2, 0.25) is 0 Å². The fourth-order valence-electron chi connectivity index (χ4n) is 10.7. The summed E-state index contributed by atoms with van der Waals surface area (Å²) in [6, 6.07) is 89.5. The molecule has 0 amide bonds. The van der Waals surface area contributed by atoms with Gasteiger partial charge in [0.2, 0.25) is 0 Å². The van der Waals surface area contributed by atoms with Crippen LogP contribution in [0.5, 0.6) is 0 Å². The molecule has 2 nitrogen and oxygen atoms in total. The summed E-state index contributed by atoms with van der Waals surface area (Å²) in [6.45, 7) is 12.2. The SMILES string of the molecule is CC.CC.CCC.c1ccc(-c2ccc(N(c3ccc4ccc5c(N(c6ccc(-c7ccccc7)cc6)c6cccc7c6sc6ccccc67)ccc6ccc3c4c65)c3cccc4c3sc3ccccc34)cc2)cc1. The lowest BCUT2D eigenvalue weighted by molar-refractivity contribution is 1.09. The van der Waals surface area contributed by atoms with Crippen molar-refractivity contribution in [3.63, 3.8) is 0 Å². The fraction of sp³-hybridized carbons (Fsp3) is 0.0986. The van der Waals surface area contributed by atoms with Crippen molar-refractivity contribution in [2.45, 2.75) is 48.0 Å².